The number of carboxylic acid groups (broad SMARTS) is 1. The van der Waals surface area contributed by atoms with Crippen LogP contribution in [0.2, 0.25) is 0 Å². The predicted molar refractivity (Wildman–Crippen MR) is 156 cm³/mol. The Balaban J connectivity index is 1.45. The number of H-pyrrole nitrogens is 1. The summed E-state index contributed by atoms with van der Waals surface area (Å²) < 4.78 is 5.80. The molecule has 0 aromatic carbocycles. The van der Waals surface area contributed by atoms with Crippen LogP contribution in [0, 0.1) is 11.8 Å². The summed E-state index contributed by atoms with van der Waals surface area (Å²) in [6.45, 7) is 3.54. The van der Waals surface area contributed by atoms with Gasteiger partial charge in [0.25, 0.3) is 0 Å². The molecule has 5 N–H and O–H groups in total. The lowest BCUT2D eigenvalue weighted by atomic mass is 9.87. The number of hydrogen-bond donors (Lipinski definition) is 5. The third-order valence-corrected chi connectivity index (χ3v) is 7.17. The van der Waals surface area contributed by atoms with Gasteiger partial charge in [0.2, 0.25) is 24.0 Å². The fraction of sp³-hybridized carbons (Fsp3) is 0.552. The molecule has 0 saturated carbocycles. The Bertz CT molecular complexity index is 1210. The second-order valence-corrected chi connectivity index (χ2v) is 10.5. The number of aliphatic carboxylic acids is 1. The largest absolute Gasteiger partial charge is 0.481 e. The van der Waals surface area contributed by atoms with Crippen molar-refractivity contribution < 1.29 is 28.9 Å². The molecule has 0 bridgehead atoms. The van der Waals surface area contributed by atoms with Crippen molar-refractivity contribution in [1.29, 1.82) is 0 Å². The first-order valence-electron chi connectivity index (χ1n) is 14.9. The van der Waals surface area contributed by atoms with E-state index < -0.39 is 17.8 Å². The molecule has 2 atom stereocenters. The van der Waals surface area contributed by atoms with Crippen LogP contribution in [0.5, 0.6) is 0 Å². The molecule has 43 heavy (non-hydrogen) atoms. The molecular formula is C29H44N9O5+. The van der Waals surface area contributed by atoms with Crippen molar-refractivity contribution in [2.75, 3.05) is 19.6 Å². The van der Waals surface area contributed by atoms with E-state index in [4.69, 9.17) is 0 Å². The van der Waals surface area contributed by atoms with E-state index in [2.05, 4.69) is 30.9 Å². The van der Waals surface area contributed by atoms with E-state index in [9.17, 15) is 24.3 Å². The normalized spacial score (nSPS) is 12.4. The van der Waals surface area contributed by atoms with E-state index in [0.29, 0.717) is 32.6 Å². The van der Waals surface area contributed by atoms with Gasteiger partial charge in [-0.3, -0.25) is 24.2 Å². The molecule has 0 aliphatic carbocycles. The van der Waals surface area contributed by atoms with Gasteiger partial charge in [-0.05, 0) is 32.1 Å². The fourth-order valence-corrected chi connectivity index (χ4v) is 4.72. The molecule has 0 fully saturated rings. The van der Waals surface area contributed by atoms with Gasteiger partial charge in [-0.15, -0.1) is 0 Å². The fourth-order valence-electron chi connectivity index (χ4n) is 4.72. The Kier molecular flexibility index (Phi) is 14.5. The third kappa shape index (κ3) is 13.4. The molecular weight excluding hydrogens is 554 g/mol. The number of rotatable bonds is 22. The SMILES string of the molecule is O=C(CCC(CC(CCC(=O)NCCCn1ccnc1)C(=O)NCCCn1ccnc1)C(=O)O)NCCC[n+]1cc[nH]c1. The summed E-state index contributed by atoms with van der Waals surface area (Å²) in [6.07, 6.45) is 18.7. The quantitative estimate of drug-likeness (QED) is 0.0841. The van der Waals surface area contributed by atoms with Crippen LogP contribution < -0.4 is 20.5 Å². The highest BCUT2D eigenvalue weighted by Gasteiger charge is 2.28. The highest BCUT2D eigenvalue weighted by Crippen LogP contribution is 2.22. The minimum atomic E-state index is -1.06. The van der Waals surface area contributed by atoms with Crippen molar-refractivity contribution in [3.63, 3.8) is 0 Å². The van der Waals surface area contributed by atoms with Crippen molar-refractivity contribution in [2.24, 2.45) is 11.8 Å². The average Bonchev–Trinajstić information content (AvgIpc) is 3.80. The molecule has 0 aliphatic heterocycles. The van der Waals surface area contributed by atoms with E-state index >= 15 is 0 Å². The van der Waals surface area contributed by atoms with E-state index in [1.807, 2.05) is 44.8 Å². The zero-order chi connectivity index (χ0) is 30.7. The highest BCUT2D eigenvalue weighted by atomic mass is 16.4. The van der Waals surface area contributed by atoms with Crippen molar-refractivity contribution in [1.82, 2.24) is 40.0 Å². The Morgan fingerprint density at radius 2 is 1.40 bits per heavy atom. The van der Waals surface area contributed by atoms with Crippen LogP contribution in [0.15, 0.2) is 56.2 Å². The van der Waals surface area contributed by atoms with Gasteiger partial charge >= 0.3 is 5.97 Å². The number of aromatic amines is 1. The number of nitrogens with zero attached hydrogens (tertiary/aromatic N) is 5. The maximum Gasteiger partial charge on any atom is 0.306 e. The van der Waals surface area contributed by atoms with Crippen molar-refractivity contribution >= 4 is 23.7 Å². The molecule has 0 saturated heterocycles. The molecule has 234 valence electrons. The molecule has 0 radical (unpaired) electrons. The molecule has 2 unspecified atom stereocenters. The Hall–Kier alpha value is -4.49. The van der Waals surface area contributed by atoms with Crippen LogP contribution in [0.25, 0.3) is 0 Å². The summed E-state index contributed by atoms with van der Waals surface area (Å²) in [5.41, 5.74) is 0. The van der Waals surface area contributed by atoms with E-state index in [-0.39, 0.29) is 49.8 Å². The number of hydrogen-bond acceptors (Lipinski definition) is 6. The molecule has 3 aromatic heterocycles. The maximum absolute atomic E-state index is 13.1. The van der Waals surface area contributed by atoms with Crippen LogP contribution in [0.3, 0.4) is 0 Å². The Labute approximate surface area is 251 Å². The molecule has 0 spiro atoms. The van der Waals surface area contributed by atoms with E-state index in [1.54, 1.807) is 25.0 Å². The standard InChI is InChI=1S/C29H43N9O5/c39-26(33-8-1-14-36-17-11-30-21-36)6-4-24(28(41)35-10-3-16-38-19-13-32-23-38)20-25(29(42)43)5-7-27(40)34-9-2-15-37-18-12-31-22-37/h11-13,17-19,21-25H,1-10,14-16,20H2,(H4,33,34,35,39,40,41,42,43)/p+1. The summed E-state index contributed by atoms with van der Waals surface area (Å²) >= 11 is 0. The Morgan fingerprint density at radius 3 is 1.93 bits per heavy atom. The predicted octanol–water partition coefficient (Wildman–Crippen LogP) is 0.882. The van der Waals surface area contributed by atoms with Crippen LogP contribution in [-0.4, -0.2) is 72.5 Å². The second-order valence-electron chi connectivity index (χ2n) is 10.5. The van der Waals surface area contributed by atoms with Crippen LogP contribution in [0.4, 0.5) is 0 Å². The first kappa shape index (κ1) is 33.0. The highest BCUT2D eigenvalue weighted by molar-refractivity contribution is 5.82. The number of carbonyl (C=O) groups excluding carboxylic acids is 3. The molecule has 3 heterocycles. The first-order valence-corrected chi connectivity index (χ1v) is 14.9. The molecule has 14 heteroatoms. The zero-order valence-corrected chi connectivity index (χ0v) is 24.6. The van der Waals surface area contributed by atoms with Gasteiger partial charge in [-0.1, -0.05) is 0 Å². The van der Waals surface area contributed by atoms with E-state index in [1.165, 1.54) is 0 Å². The second kappa shape index (κ2) is 18.8. The smallest absolute Gasteiger partial charge is 0.306 e. The number of imidazole rings is 3. The number of carboxylic acids is 1. The van der Waals surface area contributed by atoms with Crippen LogP contribution in [0.1, 0.15) is 51.4 Å². The van der Waals surface area contributed by atoms with Crippen molar-refractivity contribution in [3.05, 3.63) is 56.2 Å². The molecule has 3 amide bonds. The lowest BCUT2D eigenvalue weighted by Gasteiger charge is -2.21. The average molecular weight is 599 g/mol. The van der Waals surface area contributed by atoms with Gasteiger partial charge in [0.15, 0.2) is 0 Å². The number of nitrogens with one attached hydrogen (secondary N) is 4. The summed E-state index contributed by atoms with van der Waals surface area (Å²) in [5.74, 6) is -3.31. The number of aryl methyl sites for hydroxylation is 3. The van der Waals surface area contributed by atoms with Crippen molar-refractivity contribution in [3.8, 4) is 0 Å². The topological polar surface area (TPSA) is 180 Å². The Morgan fingerprint density at radius 1 is 0.814 bits per heavy atom. The molecule has 3 aromatic rings. The number of amides is 3. The van der Waals surface area contributed by atoms with Crippen LogP contribution in [-0.2, 0) is 38.8 Å². The molecule has 0 aliphatic rings. The number of aromatic nitrogens is 6. The van der Waals surface area contributed by atoms with Crippen LogP contribution >= 0.6 is 0 Å². The molecule has 14 nitrogen and oxygen atoms in total. The summed E-state index contributed by atoms with van der Waals surface area (Å²) in [5, 5.41) is 18.5. The monoisotopic (exact) mass is 598 g/mol. The zero-order valence-electron chi connectivity index (χ0n) is 24.6. The van der Waals surface area contributed by atoms with Gasteiger partial charge < -0.3 is 30.2 Å². The minimum Gasteiger partial charge on any atom is -0.481 e. The molecule has 3 rings (SSSR count). The van der Waals surface area contributed by atoms with Gasteiger partial charge in [0, 0.05) is 82.7 Å². The third-order valence-electron chi connectivity index (χ3n) is 7.17. The minimum absolute atomic E-state index is 0.0465. The van der Waals surface area contributed by atoms with Crippen molar-refractivity contribution in [2.45, 2.75) is 71.0 Å². The van der Waals surface area contributed by atoms with E-state index in [0.717, 1.165) is 25.9 Å². The first-order chi connectivity index (χ1) is 20.9. The lowest BCUT2D eigenvalue weighted by molar-refractivity contribution is -0.695. The summed E-state index contributed by atoms with van der Waals surface area (Å²) in [6, 6.07) is 0. The summed E-state index contributed by atoms with van der Waals surface area (Å²) in [4.78, 5) is 61.1. The van der Waals surface area contributed by atoms with Gasteiger partial charge in [-0.25, -0.2) is 14.5 Å². The summed E-state index contributed by atoms with van der Waals surface area (Å²) in [7, 11) is 0. The van der Waals surface area contributed by atoms with Gasteiger partial charge in [0.05, 0.1) is 25.1 Å². The maximum atomic E-state index is 13.1. The number of carbonyl (C=O) groups is 4. The lowest BCUT2D eigenvalue weighted by Crippen LogP contribution is -2.36. The van der Waals surface area contributed by atoms with Gasteiger partial charge in [0.1, 0.15) is 12.4 Å². The van der Waals surface area contributed by atoms with Gasteiger partial charge in [-0.2, -0.15) is 0 Å².